The number of amides is 1. The number of rotatable bonds is 3. The van der Waals surface area contributed by atoms with E-state index in [1.54, 1.807) is 4.90 Å². The quantitative estimate of drug-likeness (QED) is 0.806. The van der Waals surface area contributed by atoms with Crippen molar-refractivity contribution in [3.63, 3.8) is 0 Å². The number of alkyl halides is 3. The van der Waals surface area contributed by atoms with Gasteiger partial charge in [-0.15, -0.1) is 0 Å². The number of benzene rings is 1. The van der Waals surface area contributed by atoms with E-state index in [2.05, 4.69) is 4.90 Å². The van der Waals surface area contributed by atoms with Gasteiger partial charge < -0.3 is 4.90 Å². The Morgan fingerprint density at radius 1 is 1.04 bits per heavy atom. The molecule has 0 N–H and O–H groups in total. The Bertz CT molecular complexity index is 671. The minimum Gasteiger partial charge on any atom is -0.337 e. The fraction of sp³-hybridized carbons (Fsp3) is 0.650. The Kier molecular flexibility index (Phi) is 4.71. The van der Waals surface area contributed by atoms with E-state index in [1.165, 1.54) is 37.5 Å². The Morgan fingerprint density at radius 3 is 2.50 bits per heavy atom. The number of nitrogens with zero attached hydrogens (tertiary/aromatic N) is 2. The highest BCUT2D eigenvalue weighted by atomic mass is 19.4. The molecule has 4 fully saturated rings. The first-order valence-electron chi connectivity index (χ1n) is 9.61. The maximum atomic E-state index is 13.3. The van der Waals surface area contributed by atoms with Gasteiger partial charge in [-0.2, -0.15) is 13.2 Å². The molecule has 1 amide bonds. The third-order valence-electron chi connectivity index (χ3n) is 6.29. The van der Waals surface area contributed by atoms with Crippen LogP contribution in [0.15, 0.2) is 24.3 Å². The second-order valence-electron chi connectivity index (χ2n) is 8.10. The molecular weight excluding hydrogens is 341 g/mol. The van der Waals surface area contributed by atoms with Crippen LogP contribution < -0.4 is 0 Å². The summed E-state index contributed by atoms with van der Waals surface area (Å²) in [7, 11) is 0. The number of carbonyl (C=O) groups is 1. The number of fused-ring (bicyclic) bond motifs is 4. The first-order valence-corrected chi connectivity index (χ1v) is 9.61. The van der Waals surface area contributed by atoms with Crippen LogP contribution in [0, 0.1) is 11.8 Å². The Balaban J connectivity index is 1.53. The molecule has 3 aliphatic heterocycles. The van der Waals surface area contributed by atoms with Gasteiger partial charge in [0.25, 0.3) is 5.91 Å². The van der Waals surface area contributed by atoms with E-state index in [0.29, 0.717) is 19.0 Å². The van der Waals surface area contributed by atoms with Crippen molar-refractivity contribution in [3.8, 4) is 0 Å². The number of carbonyl (C=O) groups excluding carboxylic acids is 1. The van der Waals surface area contributed by atoms with Crippen molar-refractivity contribution in [2.75, 3.05) is 26.2 Å². The summed E-state index contributed by atoms with van der Waals surface area (Å²) in [6.07, 6.45) is 1.49. The molecule has 3 heterocycles. The first kappa shape index (κ1) is 17.8. The Labute approximate surface area is 152 Å². The molecule has 1 aromatic rings. The predicted molar refractivity (Wildman–Crippen MR) is 92.8 cm³/mol. The summed E-state index contributed by atoms with van der Waals surface area (Å²) in [6.45, 7) is 3.19. The van der Waals surface area contributed by atoms with Gasteiger partial charge in [0.1, 0.15) is 0 Å². The van der Waals surface area contributed by atoms with Crippen molar-refractivity contribution >= 4 is 5.91 Å². The average molecular weight is 366 g/mol. The van der Waals surface area contributed by atoms with E-state index in [4.69, 9.17) is 0 Å². The summed E-state index contributed by atoms with van der Waals surface area (Å²) in [5, 5.41) is 0. The summed E-state index contributed by atoms with van der Waals surface area (Å²) in [5.41, 5.74) is -1.04. The second kappa shape index (κ2) is 6.87. The van der Waals surface area contributed by atoms with E-state index in [-0.39, 0.29) is 11.6 Å². The summed E-state index contributed by atoms with van der Waals surface area (Å²) >= 11 is 0. The number of piperidine rings is 1. The Morgan fingerprint density at radius 2 is 1.81 bits per heavy atom. The Hall–Kier alpha value is -1.56. The van der Waals surface area contributed by atoms with Crippen molar-refractivity contribution in [2.24, 2.45) is 11.8 Å². The van der Waals surface area contributed by atoms with Gasteiger partial charge in [0.15, 0.2) is 0 Å². The number of halogens is 3. The largest absolute Gasteiger partial charge is 0.417 e. The lowest BCUT2D eigenvalue weighted by atomic mass is 9.83. The highest BCUT2D eigenvalue weighted by Crippen LogP contribution is 2.35. The van der Waals surface area contributed by atoms with E-state index >= 15 is 0 Å². The summed E-state index contributed by atoms with van der Waals surface area (Å²) in [6, 6.07) is 5.45. The fourth-order valence-corrected chi connectivity index (χ4v) is 4.66. The molecule has 2 atom stereocenters. The SMILES string of the molecule is O=C(c1ccccc1C(F)(F)F)N1C[C@@H]2CC[C@H](C1)N(CC1CCC1)C2. The van der Waals surface area contributed by atoms with Crippen LogP contribution in [0.25, 0.3) is 0 Å². The van der Waals surface area contributed by atoms with Crippen molar-refractivity contribution in [3.05, 3.63) is 35.4 Å². The van der Waals surface area contributed by atoms with Crippen LogP contribution in [0.5, 0.6) is 0 Å². The van der Waals surface area contributed by atoms with E-state index < -0.39 is 17.6 Å². The van der Waals surface area contributed by atoms with Crippen LogP contribution in [0.2, 0.25) is 0 Å². The molecule has 142 valence electrons. The van der Waals surface area contributed by atoms with Crippen molar-refractivity contribution in [1.82, 2.24) is 9.80 Å². The first-order chi connectivity index (χ1) is 12.4. The normalized spacial score (nSPS) is 27.3. The monoisotopic (exact) mass is 366 g/mol. The maximum Gasteiger partial charge on any atom is 0.417 e. The lowest BCUT2D eigenvalue weighted by molar-refractivity contribution is -0.138. The molecule has 3 nitrogen and oxygen atoms in total. The minimum atomic E-state index is -4.51. The van der Waals surface area contributed by atoms with Gasteiger partial charge in [0.05, 0.1) is 11.1 Å². The molecule has 4 aliphatic rings. The fourth-order valence-electron chi connectivity index (χ4n) is 4.66. The van der Waals surface area contributed by atoms with E-state index in [9.17, 15) is 18.0 Å². The molecule has 1 aliphatic carbocycles. The highest BCUT2D eigenvalue weighted by Gasteiger charge is 2.40. The lowest BCUT2D eigenvalue weighted by Crippen LogP contribution is -2.47. The molecule has 26 heavy (non-hydrogen) atoms. The van der Waals surface area contributed by atoms with Gasteiger partial charge >= 0.3 is 6.18 Å². The van der Waals surface area contributed by atoms with Gasteiger partial charge in [-0.25, -0.2) is 0 Å². The molecule has 0 radical (unpaired) electrons. The van der Waals surface area contributed by atoms with Crippen LogP contribution in [0.3, 0.4) is 0 Å². The van der Waals surface area contributed by atoms with Crippen molar-refractivity contribution in [1.29, 1.82) is 0 Å². The number of hydrogen-bond donors (Lipinski definition) is 0. The topological polar surface area (TPSA) is 23.6 Å². The van der Waals surface area contributed by atoms with Gasteiger partial charge in [-0.05, 0) is 49.7 Å². The zero-order valence-corrected chi connectivity index (χ0v) is 14.8. The van der Waals surface area contributed by atoms with Crippen LogP contribution in [-0.2, 0) is 6.18 Å². The van der Waals surface area contributed by atoms with Gasteiger partial charge in [0, 0.05) is 32.2 Å². The van der Waals surface area contributed by atoms with Crippen molar-refractivity contribution in [2.45, 2.75) is 44.3 Å². The average Bonchev–Trinajstić information content (AvgIpc) is 2.88. The lowest BCUT2D eigenvalue weighted by Gasteiger charge is -2.40. The molecule has 2 bridgehead atoms. The number of hydrogen-bond acceptors (Lipinski definition) is 2. The smallest absolute Gasteiger partial charge is 0.337 e. The standard InChI is InChI=1S/C20H25F3N2O/c21-20(22,23)18-7-2-1-6-17(18)19(26)25-12-15-8-9-16(13-25)24(11-15)10-14-4-3-5-14/h1-2,6-7,14-16H,3-5,8-13H2/t15-,16-/m1/s1. The van der Waals surface area contributed by atoms with E-state index in [0.717, 1.165) is 37.9 Å². The second-order valence-corrected chi connectivity index (χ2v) is 8.10. The van der Waals surface area contributed by atoms with Gasteiger partial charge in [-0.1, -0.05) is 18.6 Å². The van der Waals surface area contributed by atoms with Crippen molar-refractivity contribution < 1.29 is 18.0 Å². The molecule has 0 spiro atoms. The van der Waals surface area contributed by atoms with E-state index in [1.807, 2.05) is 0 Å². The molecule has 1 saturated carbocycles. The maximum absolute atomic E-state index is 13.3. The minimum absolute atomic E-state index is 0.216. The van der Waals surface area contributed by atoms with Crippen LogP contribution >= 0.6 is 0 Å². The zero-order chi connectivity index (χ0) is 18.3. The third kappa shape index (κ3) is 3.48. The van der Waals surface area contributed by atoms with Gasteiger partial charge in [-0.3, -0.25) is 9.69 Å². The molecule has 0 aromatic heterocycles. The van der Waals surface area contributed by atoms with Crippen LogP contribution in [-0.4, -0.2) is 47.9 Å². The zero-order valence-electron chi connectivity index (χ0n) is 14.8. The molecular formula is C20H25F3N2O. The molecule has 6 heteroatoms. The van der Waals surface area contributed by atoms with Crippen LogP contribution in [0.1, 0.15) is 48.0 Å². The molecule has 5 rings (SSSR count). The molecule has 1 aromatic carbocycles. The van der Waals surface area contributed by atoms with Gasteiger partial charge in [0.2, 0.25) is 0 Å². The molecule has 3 saturated heterocycles. The summed E-state index contributed by atoms with van der Waals surface area (Å²) in [5.74, 6) is 0.667. The third-order valence-corrected chi connectivity index (χ3v) is 6.29. The summed E-state index contributed by atoms with van der Waals surface area (Å²) in [4.78, 5) is 17.1. The summed E-state index contributed by atoms with van der Waals surface area (Å²) < 4.78 is 39.9. The molecule has 0 unspecified atom stereocenters. The predicted octanol–water partition coefficient (Wildman–Crippen LogP) is 4.04. The van der Waals surface area contributed by atoms with Crippen LogP contribution in [0.4, 0.5) is 13.2 Å². The highest BCUT2D eigenvalue weighted by molar-refractivity contribution is 5.96.